The lowest BCUT2D eigenvalue weighted by Crippen LogP contribution is -2.23. The van der Waals surface area contributed by atoms with Crippen molar-refractivity contribution in [2.75, 3.05) is 14.1 Å². The first-order valence-electron chi connectivity index (χ1n) is 4.67. The summed E-state index contributed by atoms with van der Waals surface area (Å²) < 4.78 is 0. The van der Waals surface area contributed by atoms with E-state index in [9.17, 15) is 0 Å². The predicted molar refractivity (Wildman–Crippen MR) is 68.8 cm³/mol. The zero-order chi connectivity index (χ0) is 11.1. The molecule has 0 aliphatic carbocycles. The van der Waals surface area contributed by atoms with E-state index in [2.05, 4.69) is 10.1 Å². The zero-order valence-electron chi connectivity index (χ0n) is 9.37. The van der Waals surface area contributed by atoms with Crippen molar-refractivity contribution >= 4 is 24.5 Å². The topological polar surface area (TPSA) is 48.2 Å². The second-order valence-electron chi connectivity index (χ2n) is 3.30. The molecule has 4 nitrogen and oxygen atoms in total. The van der Waals surface area contributed by atoms with Crippen LogP contribution in [0.4, 0.5) is 0 Å². The zero-order valence-corrected chi connectivity index (χ0v) is 10.2. The van der Waals surface area contributed by atoms with Gasteiger partial charge in [-0.05, 0) is 5.56 Å². The molecule has 0 spiro atoms. The predicted octanol–water partition coefficient (Wildman–Crippen LogP) is 2.03. The second kappa shape index (κ2) is 7.70. The van der Waals surface area contributed by atoms with Crippen LogP contribution in [-0.4, -0.2) is 36.3 Å². The monoisotopic (exact) mass is 241 g/mol. The fourth-order valence-corrected chi connectivity index (χ4v) is 1.11. The standard InChI is InChI=1S/C11H15N3O.ClH/c1-14(2)11(9-13-15)12-8-10-6-4-3-5-7-10;/h3-7,9,15H,8H2,1-2H3;1H/b12-11?,13-9+;. The van der Waals surface area contributed by atoms with Crippen LogP contribution in [0.3, 0.4) is 0 Å². The molecule has 0 unspecified atom stereocenters. The molecule has 0 amide bonds. The van der Waals surface area contributed by atoms with Gasteiger partial charge >= 0.3 is 0 Å². The van der Waals surface area contributed by atoms with Gasteiger partial charge in [-0.2, -0.15) is 0 Å². The summed E-state index contributed by atoms with van der Waals surface area (Å²) in [5.41, 5.74) is 1.13. The van der Waals surface area contributed by atoms with Crippen LogP contribution in [0, 0.1) is 0 Å². The smallest absolute Gasteiger partial charge is 0.145 e. The second-order valence-corrected chi connectivity index (χ2v) is 3.30. The highest BCUT2D eigenvalue weighted by Gasteiger charge is 1.97. The minimum absolute atomic E-state index is 0. The van der Waals surface area contributed by atoms with E-state index in [0.717, 1.165) is 5.56 Å². The minimum atomic E-state index is 0. The summed E-state index contributed by atoms with van der Waals surface area (Å²) in [4.78, 5) is 6.11. The molecule has 0 atom stereocenters. The molecule has 0 aliphatic heterocycles. The maximum Gasteiger partial charge on any atom is 0.145 e. The van der Waals surface area contributed by atoms with Crippen molar-refractivity contribution in [2.24, 2.45) is 10.1 Å². The molecule has 1 aromatic rings. The van der Waals surface area contributed by atoms with Crippen molar-refractivity contribution in [2.45, 2.75) is 6.54 Å². The van der Waals surface area contributed by atoms with E-state index in [-0.39, 0.29) is 12.4 Å². The Labute approximate surface area is 102 Å². The van der Waals surface area contributed by atoms with Crippen molar-refractivity contribution in [3.63, 3.8) is 0 Å². The highest BCUT2D eigenvalue weighted by atomic mass is 35.5. The average molecular weight is 242 g/mol. The van der Waals surface area contributed by atoms with Gasteiger partial charge in [0, 0.05) is 14.1 Å². The largest absolute Gasteiger partial charge is 0.411 e. The van der Waals surface area contributed by atoms with E-state index in [1.807, 2.05) is 44.4 Å². The number of aliphatic imine (C=N–C) groups is 1. The summed E-state index contributed by atoms with van der Waals surface area (Å²) >= 11 is 0. The van der Waals surface area contributed by atoms with Crippen molar-refractivity contribution in [3.05, 3.63) is 35.9 Å². The molecule has 0 radical (unpaired) electrons. The van der Waals surface area contributed by atoms with E-state index in [4.69, 9.17) is 5.21 Å². The molecular formula is C11H16ClN3O. The first kappa shape index (κ1) is 14.5. The van der Waals surface area contributed by atoms with Crippen LogP contribution in [0.2, 0.25) is 0 Å². The molecule has 0 bridgehead atoms. The number of halogens is 1. The molecule has 0 saturated heterocycles. The summed E-state index contributed by atoms with van der Waals surface area (Å²) in [6, 6.07) is 9.93. The Hall–Kier alpha value is -1.55. The van der Waals surface area contributed by atoms with Crippen LogP contribution in [0.25, 0.3) is 0 Å². The van der Waals surface area contributed by atoms with Gasteiger partial charge in [0.05, 0.1) is 6.54 Å². The molecule has 1 rings (SSSR count). The summed E-state index contributed by atoms with van der Waals surface area (Å²) in [5.74, 6) is 0.640. The normalized spacial score (nSPS) is 11.2. The molecule has 88 valence electrons. The summed E-state index contributed by atoms with van der Waals surface area (Å²) in [7, 11) is 3.71. The number of oxime groups is 1. The molecular weight excluding hydrogens is 226 g/mol. The van der Waals surface area contributed by atoms with Crippen LogP contribution in [0.15, 0.2) is 40.5 Å². The molecule has 1 aromatic carbocycles. The fraction of sp³-hybridized carbons (Fsp3) is 0.273. The van der Waals surface area contributed by atoms with Gasteiger partial charge < -0.3 is 10.1 Å². The van der Waals surface area contributed by atoms with E-state index >= 15 is 0 Å². The number of benzene rings is 1. The molecule has 0 heterocycles. The van der Waals surface area contributed by atoms with Gasteiger partial charge in [0.15, 0.2) is 0 Å². The van der Waals surface area contributed by atoms with Gasteiger partial charge in [0.1, 0.15) is 12.1 Å². The molecule has 0 fully saturated rings. The average Bonchev–Trinajstić information content (AvgIpc) is 2.25. The van der Waals surface area contributed by atoms with E-state index in [0.29, 0.717) is 12.4 Å². The number of amidine groups is 1. The van der Waals surface area contributed by atoms with Crippen molar-refractivity contribution in [1.29, 1.82) is 0 Å². The summed E-state index contributed by atoms with van der Waals surface area (Å²) in [6.07, 6.45) is 1.32. The van der Waals surface area contributed by atoms with Gasteiger partial charge in [-0.15, -0.1) is 12.4 Å². The van der Waals surface area contributed by atoms with Crippen LogP contribution in [0.5, 0.6) is 0 Å². The quantitative estimate of drug-likeness (QED) is 0.381. The van der Waals surface area contributed by atoms with E-state index in [1.54, 1.807) is 4.90 Å². The maximum absolute atomic E-state index is 8.44. The van der Waals surface area contributed by atoms with E-state index in [1.165, 1.54) is 6.21 Å². The Bertz CT molecular complexity index is 350. The third kappa shape index (κ3) is 4.79. The lowest BCUT2D eigenvalue weighted by atomic mass is 10.2. The van der Waals surface area contributed by atoms with Crippen LogP contribution >= 0.6 is 12.4 Å². The molecule has 0 saturated carbocycles. The highest BCUT2D eigenvalue weighted by molar-refractivity contribution is 6.28. The number of hydrogen-bond donors (Lipinski definition) is 1. The fourth-order valence-electron chi connectivity index (χ4n) is 1.11. The third-order valence-electron chi connectivity index (χ3n) is 1.90. The first-order chi connectivity index (χ1) is 7.24. The van der Waals surface area contributed by atoms with Gasteiger partial charge in [-0.3, -0.25) is 4.99 Å². The lowest BCUT2D eigenvalue weighted by Gasteiger charge is -2.10. The van der Waals surface area contributed by atoms with Crippen molar-refractivity contribution in [3.8, 4) is 0 Å². The third-order valence-corrected chi connectivity index (χ3v) is 1.90. The molecule has 16 heavy (non-hydrogen) atoms. The molecule has 5 heteroatoms. The van der Waals surface area contributed by atoms with Gasteiger partial charge in [-0.1, -0.05) is 35.5 Å². The van der Waals surface area contributed by atoms with Crippen molar-refractivity contribution < 1.29 is 5.21 Å². The Balaban J connectivity index is 0.00000225. The Morgan fingerprint density at radius 2 is 1.94 bits per heavy atom. The van der Waals surface area contributed by atoms with E-state index < -0.39 is 0 Å². The number of nitrogens with zero attached hydrogens (tertiary/aromatic N) is 3. The lowest BCUT2D eigenvalue weighted by molar-refractivity contribution is 0.322. The van der Waals surface area contributed by atoms with Gasteiger partial charge in [0.2, 0.25) is 0 Å². The van der Waals surface area contributed by atoms with Crippen LogP contribution in [0.1, 0.15) is 5.56 Å². The Morgan fingerprint density at radius 3 is 2.44 bits per heavy atom. The summed E-state index contributed by atoms with van der Waals surface area (Å²) in [6.45, 7) is 0.584. The molecule has 0 aliphatic rings. The van der Waals surface area contributed by atoms with Crippen LogP contribution < -0.4 is 0 Å². The van der Waals surface area contributed by atoms with Gasteiger partial charge in [-0.25, -0.2) is 0 Å². The summed E-state index contributed by atoms with van der Waals surface area (Å²) in [5, 5.41) is 11.4. The Kier molecular flexibility index (Phi) is 6.96. The number of rotatable bonds is 3. The SMILES string of the molecule is CN(C)C(/C=N/O)=NCc1ccccc1.Cl. The number of hydrogen-bond acceptors (Lipinski definition) is 3. The molecule has 1 N–H and O–H groups in total. The molecule has 0 aromatic heterocycles. The minimum Gasteiger partial charge on any atom is -0.411 e. The van der Waals surface area contributed by atoms with Crippen LogP contribution in [-0.2, 0) is 6.54 Å². The Morgan fingerprint density at radius 1 is 1.31 bits per heavy atom. The van der Waals surface area contributed by atoms with Crippen molar-refractivity contribution in [1.82, 2.24) is 4.90 Å². The first-order valence-corrected chi connectivity index (χ1v) is 4.67. The maximum atomic E-state index is 8.44. The van der Waals surface area contributed by atoms with Gasteiger partial charge in [0.25, 0.3) is 0 Å². The highest BCUT2D eigenvalue weighted by Crippen LogP contribution is 2.00.